The zero-order chi connectivity index (χ0) is 19.6. The van der Waals surface area contributed by atoms with Crippen LogP contribution in [0.5, 0.6) is 5.75 Å². The number of aromatic nitrogens is 2. The molecule has 4 nitrogen and oxygen atoms in total. The highest BCUT2D eigenvalue weighted by molar-refractivity contribution is 5.93. The molecule has 3 aromatic rings. The van der Waals surface area contributed by atoms with E-state index < -0.39 is 5.54 Å². The normalized spacial score (nSPS) is 13.7. The lowest BCUT2D eigenvalue weighted by Gasteiger charge is -2.27. The second-order valence-corrected chi connectivity index (χ2v) is 7.87. The first-order chi connectivity index (χ1) is 12.8. The lowest BCUT2D eigenvalue weighted by molar-refractivity contribution is 0.205. The van der Waals surface area contributed by atoms with Crippen LogP contribution in [-0.2, 0) is 0 Å². The minimum Gasteiger partial charge on any atom is -0.490 e. The fourth-order valence-corrected chi connectivity index (χ4v) is 3.44. The van der Waals surface area contributed by atoms with E-state index in [1.54, 1.807) is 18.5 Å². The molecule has 0 bridgehead atoms. The number of benzene rings is 1. The molecule has 0 fully saturated rings. The molecule has 0 saturated heterocycles. The summed E-state index contributed by atoms with van der Waals surface area (Å²) in [4.78, 5) is 8.68. The molecule has 0 aliphatic heterocycles. The first kappa shape index (κ1) is 19.2. The molecule has 27 heavy (non-hydrogen) atoms. The number of hydrogen-bond donors (Lipinski definition) is 1. The SMILES string of the molecule is Cc1cc(-c2ccnc3c(F)cccc23)ncc1OC[C@@](C)(N)CC(C)C. The van der Waals surface area contributed by atoms with E-state index in [0.717, 1.165) is 28.6 Å². The predicted octanol–water partition coefficient (Wildman–Crippen LogP) is 4.89. The number of halogens is 1. The van der Waals surface area contributed by atoms with E-state index in [1.807, 2.05) is 32.0 Å². The standard InChI is InChI=1S/C22H26FN3O/c1-14(2)11-22(4,24)13-27-20-12-26-19(10-15(20)3)16-8-9-25-21-17(16)6-5-7-18(21)23/h5-10,12,14H,11,13,24H2,1-4H3/t22-/m0/s1. The summed E-state index contributed by atoms with van der Waals surface area (Å²) in [6.07, 6.45) is 4.20. The van der Waals surface area contributed by atoms with E-state index in [9.17, 15) is 4.39 Å². The van der Waals surface area contributed by atoms with Gasteiger partial charge in [-0.3, -0.25) is 9.97 Å². The van der Waals surface area contributed by atoms with Crippen LogP contribution in [0.2, 0.25) is 0 Å². The van der Waals surface area contributed by atoms with Gasteiger partial charge >= 0.3 is 0 Å². The number of nitrogens with two attached hydrogens (primary N) is 1. The summed E-state index contributed by atoms with van der Waals surface area (Å²) in [6.45, 7) is 8.70. The van der Waals surface area contributed by atoms with Gasteiger partial charge in [0.1, 0.15) is 23.7 Å². The van der Waals surface area contributed by atoms with Gasteiger partial charge in [-0.2, -0.15) is 0 Å². The largest absolute Gasteiger partial charge is 0.490 e. The fourth-order valence-electron chi connectivity index (χ4n) is 3.44. The lowest BCUT2D eigenvalue weighted by atomic mass is 9.93. The predicted molar refractivity (Wildman–Crippen MR) is 107 cm³/mol. The Morgan fingerprint density at radius 1 is 1.22 bits per heavy atom. The molecule has 5 heteroatoms. The number of nitrogens with zero attached hydrogens (tertiary/aromatic N) is 2. The maximum absolute atomic E-state index is 14.0. The number of pyridine rings is 2. The van der Waals surface area contributed by atoms with Gasteiger partial charge in [0.25, 0.3) is 0 Å². The average Bonchev–Trinajstić information content (AvgIpc) is 2.59. The third-order valence-electron chi connectivity index (χ3n) is 4.49. The van der Waals surface area contributed by atoms with Crippen molar-refractivity contribution in [3.8, 4) is 17.0 Å². The van der Waals surface area contributed by atoms with Crippen LogP contribution in [0, 0.1) is 18.7 Å². The van der Waals surface area contributed by atoms with Crippen molar-refractivity contribution < 1.29 is 9.13 Å². The highest BCUT2D eigenvalue weighted by Gasteiger charge is 2.21. The number of aryl methyl sites for hydroxylation is 1. The van der Waals surface area contributed by atoms with Crippen LogP contribution < -0.4 is 10.5 Å². The van der Waals surface area contributed by atoms with Crippen LogP contribution in [-0.4, -0.2) is 22.1 Å². The summed E-state index contributed by atoms with van der Waals surface area (Å²) in [5.41, 5.74) is 8.85. The Kier molecular flexibility index (Phi) is 5.42. The molecule has 0 unspecified atom stereocenters. The van der Waals surface area contributed by atoms with Crippen LogP contribution >= 0.6 is 0 Å². The van der Waals surface area contributed by atoms with E-state index in [0.29, 0.717) is 23.8 Å². The minimum absolute atomic E-state index is 0.335. The van der Waals surface area contributed by atoms with Crippen LogP contribution in [0.4, 0.5) is 4.39 Å². The molecule has 1 aromatic carbocycles. The first-order valence-electron chi connectivity index (χ1n) is 9.19. The van der Waals surface area contributed by atoms with Crippen molar-refractivity contribution in [2.45, 2.75) is 39.7 Å². The van der Waals surface area contributed by atoms with Gasteiger partial charge in [-0.1, -0.05) is 26.0 Å². The van der Waals surface area contributed by atoms with Crippen LogP contribution in [0.1, 0.15) is 32.8 Å². The first-order valence-corrected chi connectivity index (χ1v) is 9.19. The zero-order valence-electron chi connectivity index (χ0n) is 16.3. The lowest BCUT2D eigenvalue weighted by Crippen LogP contribution is -2.43. The molecule has 0 spiro atoms. The second-order valence-electron chi connectivity index (χ2n) is 7.87. The van der Waals surface area contributed by atoms with Crippen molar-refractivity contribution >= 4 is 10.9 Å². The van der Waals surface area contributed by atoms with Crippen molar-refractivity contribution in [1.82, 2.24) is 9.97 Å². The maximum atomic E-state index is 14.0. The molecule has 3 rings (SSSR count). The molecule has 0 amide bonds. The van der Waals surface area contributed by atoms with Gasteiger partial charge in [0.05, 0.1) is 11.9 Å². The molecule has 2 N–H and O–H groups in total. The maximum Gasteiger partial charge on any atom is 0.149 e. The van der Waals surface area contributed by atoms with E-state index >= 15 is 0 Å². The molecular formula is C22H26FN3O. The molecule has 0 saturated carbocycles. The van der Waals surface area contributed by atoms with Gasteiger partial charge < -0.3 is 10.5 Å². The molecule has 142 valence electrons. The van der Waals surface area contributed by atoms with Gasteiger partial charge in [-0.05, 0) is 49.9 Å². The monoisotopic (exact) mass is 367 g/mol. The number of para-hydroxylation sites is 1. The van der Waals surface area contributed by atoms with Crippen molar-refractivity contribution in [2.24, 2.45) is 11.7 Å². The van der Waals surface area contributed by atoms with E-state index in [4.69, 9.17) is 10.5 Å². The third-order valence-corrected chi connectivity index (χ3v) is 4.49. The van der Waals surface area contributed by atoms with Crippen molar-refractivity contribution in [3.63, 3.8) is 0 Å². The Balaban J connectivity index is 1.87. The Morgan fingerprint density at radius 2 is 2.00 bits per heavy atom. The molecule has 2 heterocycles. The highest BCUT2D eigenvalue weighted by atomic mass is 19.1. The Hall–Kier alpha value is -2.53. The van der Waals surface area contributed by atoms with Gasteiger partial charge in [-0.25, -0.2) is 4.39 Å². The Labute approximate surface area is 159 Å². The molecule has 0 aliphatic rings. The molecule has 0 aliphatic carbocycles. The second kappa shape index (κ2) is 7.61. The smallest absolute Gasteiger partial charge is 0.149 e. The quantitative estimate of drug-likeness (QED) is 0.674. The summed E-state index contributed by atoms with van der Waals surface area (Å²) in [6, 6.07) is 8.75. The van der Waals surface area contributed by atoms with Gasteiger partial charge in [0.15, 0.2) is 0 Å². The van der Waals surface area contributed by atoms with Crippen molar-refractivity contribution in [3.05, 3.63) is 54.1 Å². The van der Waals surface area contributed by atoms with Gasteiger partial charge in [-0.15, -0.1) is 0 Å². The molecule has 0 radical (unpaired) electrons. The van der Waals surface area contributed by atoms with Crippen LogP contribution in [0.25, 0.3) is 22.2 Å². The number of fused-ring (bicyclic) bond motifs is 1. The summed E-state index contributed by atoms with van der Waals surface area (Å²) < 4.78 is 20.0. The van der Waals surface area contributed by atoms with Gasteiger partial charge in [0, 0.05) is 22.7 Å². The van der Waals surface area contributed by atoms with Crippen LogP contribution in [0.15, 0.2) is 42.7 Å². The van der Waals surface area contributed by atoms with Crippen LogP contribution in [0.3, 0.4) is 0 Å². The highest BCUT2D eigenvalue weighted by Crippen LogP contribution is 2.30. The molecule has 2 aromatic heterocycles. The van der Waals surface area contributed by atoms with E-state index in [1.165, 1.54) is 6.07 Å². The fraction of sp³-hybridized carbons (Fsp3) is 0.364. The Morgan fingerprint density at radius 3 is 2.70 bits per heavy atom. The topological polar surface area (TPSA) is 61.0 Å². The van der Waals surface area contributed by atoms with Gasteiger partial charge in [0.2, 0.25) is 0 Å². The third kappa shape index (κ3) is 4.42. The average molecular weight is 367 g/mol. The van der Waals surface area contributed by atoms with E-state index in [2.05, 4.69) is 23.8 Å². The summed E-state index contributed by atoms with van der Waals surface area (Å²) >= 11 is 0. The van der Waals surface area contributed by atoms with Crippen molar-refractivity contribution in [1.29, 1.82) is 0 Å². The Bertz CT molecular complexity index is 953. The summed E-state index contributed by atoms with van der Waals surface area (Å²) in [5.74, 6) is 0.882. The number of ether oxygens (including phenoxy) is 1. The van der Waals surface area contributed by atoms with Crippen molar-refractivity contribution in [2.75, 3.05) is 6.61 Å². The minimum atomic E-state index is -0.391. The zero-order valence-corrected chi connectivity index (χ0v) is 16.3. The molecular weight excluding hydrogens is 341 g/mol. The number of hydrogen-bond acceptors (Lipinski definition) is 4. The number of rotatable bonds is 6. The summed E-state index contributed by atoms with van der Waals surface area (Å²) in [5, 5.41) is 0.740. The summed E-state index contributed by atoms with van der Waals surface area (Å²) in [7, 11) is 0. The van der Waals surface area contributed by atoms with E-state index in [-0.39, 0.29) is 5.82 Å². The molecule has 1 atom stereocenters.